The zero-order chi connectivity index (χ0) is 22.8. The summed E-state index contributed by atoms with van der Waals surface area (Å²) in [6, 6.07) is 25.1. The molecule has 33 heavy (non-hydrogen) atoms. The highest BCUT2D eigenvalue weighted by atomic mass is 35.5. The minimum absolute atomic E-state index is 0.182. The maximum Gasteiger partial charge on any atom is 0.255 e. The predicted molar refractivity (Wildman–Crippen MR) is 134 cm³/mol. The first kappa shape index (κ1) is 21.3. The van der Waals surface area contributed by atoms with Crippen molar-refractivity contribution in [2.45, 2.75) is 13.1 Å². The molecule has 0 aliphatic carbocycles. The van der Waals surface area contributed by atoms with E-state index in [1.54, 1.807) is 24.3 Å². The molecule has 4 nitrogen and oxygen atoms in total. The third kappa shape index (κ3) is 4.49. The molecule has 5 rings (SSSR count). The van der Waals surface area contributed by atoms with Crippen molar-refractivity contribution in [1.29, 1.82) is 0 Å². The van der Waals surface area contributed by atoms with Gasteiger partial charge in [-0.25, -0.2) is 0 Å². The fourth-order valence-corrected chi connectivity index (χ4v) is 4.34. The van der Waals surface area contributed by atoms with Crippen molar-refractivity contribution in [3.63, 3.8) is 0 Å². The van der Waals surface area contributed by atoms with Gasteiger partial charge in [-0.2, -0.15) is 0 Å². The molecule has 164 valence electrons. The molecule has 0 unspecified atom stereocenters. The largest absolute Gasteiger partial charge is 0.457 e. The summed E-state index contributed by atoms with van der Waals surface area (Å²) in [5.74, 6) is 1.45. The molecule has 1 aliphatic rings. The first-order valence-electron chi connectivity index (χ1n) is 10.8. The van der Waals surface area contributed by atoms with Gasteiger partial charge in [0.1, 0.15) is 11.5 Å². The summed E-state index contributed by atoms with van der Waals surface area (Å²) >= 11 is 5.93. The molecular formula is C28H23ClN2O2. The van der Waals surface area contributed by atoms with Crippen LogP contribution in [0.5, 0.6) is 11.5 Å². The molecule has 0 saturated heterocycles. The zero-order valence-corrected chi connectivity index (χ0v) is 18.8. The van der Waals surface area contributed by atoms with Crippen molar-refractivity contribution >= 4 is 34.0 Å². The number of carbonyl (C=O) groups is 1. The maximum atomic E-state index is 12.7. The SMILES string of the molecule is C=CCN1Cc2cc(NC(=O)c3ccc(Cl)cc3)ccc2Oc2ccc3ccccc3c2C1. The van der Waals surface area contributed by atoms with E-state index in [1.807, 2.05) is 30.3 Å². The van der Waals surface area contributed by atoms with Crippen LogP contribution < -0.4 is 10.1 Å². The molecule has 5 heteroatoms. The number of nitrogens with zero attached hydrogens (tertiary/aromatic N) is 1. The molecule has 1 N–H and O–H groups in total. The third-order valence-corrected chi connectivity index (χ3v) is 6.06. The van der Waals surface area contributed by atoms with E-state index in [-0.39, 0.29) is 5.91 Å². The molecule has 0 radical (unpaired) electrons. The van der Waals surface area contributed by atoms with E-state index in [1.165, 1.54) is 16.3 Å². The topological polar surface area (TPSA) is 41.6 Å². The lowest BCUT2D eigenvalue weighted by Gasteiger charge is -2.28. The van der Waals surface area contributed by atoms with Crippen molar-refractivity contribution in [3.8, 4) is 11.5 Å². The van der Waals surface area contributed by atoms with Gasteiger partial charge in [0.25, 0.3) is 5.91 Å². The predicted octanol–water partition coefficient (Wildman–Crippen LogP) is 7.04. The molecule has 1 heterocycles. The van der Waals surface area contributed by atoms with Crippen LogP contribution in [0.3, 0.4) is 0 Å². The van der Waals surface area contributed by atoms with Crippen molar-refractivity contribution in [2.75, 3.05) is 11.9 Å². The van der Waals surface area contributed by atoms with Gasteiger partial charge in [0.2, 0.25) is 0 Å². The Morgan fingerprint density at radius 1 is 1.00 bits per heavy atom. The quantitative estimate of drug-likeness (QED) is 0.336. The average Bonchev–Trinajstić information content (AvgIpc) is 2.81. The zero-order valence-electron chi connectivity index (χ0n) is 18.1. The fraction of sp³-hybridized carbons (Fsp3) is 0.107. The van der Waals surface area contributed by atoms with Gasteiger partial charge in [-0.15, -0.1) is 6.58 Å². The van der Waals surface area contributed by atoms with Crippen molar-refractivity contribution in [3.05, 3.63) is 113 Å². The van der Waals surface area contributed by atoms with Crippen molar-refractivity contribution < 1.29 is 9.53 Å². The minimum Gasteiger partial charge on any atom is -0.457 e. The number of anilines is 1. The summed E-state index contributed by atoms with van der Waals surface area (Å²) in [5, 5.41) is 5.96. The molecule has 0 spiro atoms. The van der Waals surface area contributed by atoms with Crippen LogP contribution in [0.2, 0.25) is 5.02 Å². The highest BCUT2D eigenvalue weighted by Crippen LogP contribution is 2.37. The average molecular weight is 455 g/mol. The van der Waals surface area contributed by atoms with Gasteiger partial charge < -0.3 is 10.1 Å². The standard InChI is InChI=1S/C28H23ClN2O2/c1-2-15-31-17-21-16-23(30-28(32)20-7-10-22(29)11-8-20)12-14-26(21)33-27-13-9-19-5-3-4-6-24(19)25(27)18-31/h2-14,16H,1,15,17-18H2,(H,30,32). The van der Waals surface area contributed by atoms with Gasteiger partial charge in [0, 0.05) is 47.0 Å². The Kier molecular flexibility index (Phi) is 5.86. The van der Waals surface area contributed by atoms with Gasteiger partial charge in [0.05, 0.1) is 0 Å². The molecule has 0 fully saturated rings. The number of fused-ring (bicyclic) bond motifs is 4. The van der Waals surface area contributed by atoms with Crippen molar-refractivity contribution in [1.82, 2.24) is 4.90 Å². The van der Waals surface area contributed by atoms with E-state index >= 15 is 0 Å². The fourth-order valence-electron chi connectivity index (χ4n) is 4.21. The Labute approximate surface area is 198 Å². The normalized spacial score (nSPS) is 13.2. The number of hydrogen-bond donors (Lipinski definition) is 1. The van der Waals surface area contributed by atoms with E-state index in [0.717, 1.165) is 35.8 Å². The van der Waals surface area contributed by atoms with Crippen molar-refractivity contribution in [2.24, 2.45) is 0 Å². The van der Waals surface area contributed by atoms with E-state index in [0.29, 0.717) is 17.1 Å². The van der Waals surface area contributed by atoms with Crippen LogP contribution in [0.4, 0.5) is 5.69 Å². The summed E-state index contributed by atoms with van der Waals surface area (Å²) in [5.41, 5.74) is 3.44. The number of hydrogen-bond acceptors (Lipinski definition) is 3. The Hall–Kier alpha value is -3.60. The van der Waals surface area contributed by atoms with Crippen LogP contribution in [0.1, 0.15) is 21.5 Å². The van der Waals surface area contributed by atoms with Crippen LogP contribution in [0.15, 0.2) is 91.5 Å². The lowest BCUT2D eigenvalue weighted by Crippen LogP contribution is -2.25. The van der Waals surface area contributed by atoms with E-state index in [4.69, 9.17) is 16.3 Å². The summed E-state index contributed by atoms with van der Waals surface area (Å²) < 4.78 is 6.39. The molecule has 4 aromatic rings. The number of rotatable bonds is 4. The number of ether oxygens (including phenoxy) is 1. The first-order chi connectivity index (χ1) is 16.1. The molecule has 1 amide bonds. The molecule has 0 saturated carbocycles. The summed E-state index contributed by atoms with van der Waals surface area (Å²) in [4.78, 5) is 15.0. The summed E-state index contributed by atoms with van der Waals surface area (Å²) in [7, 11) is 0. The Bertz CT molecular complexity index is 1350. The second-order valence-electron chi connectivity index (χ2n) is 8.11. The molecular weight excluding hydrogens is 432 g/mol. The highest BCUT2D eigenvalue weighted by molar-refractivity contribution is 6.30. The first-order valence-corrected chi connectivity index (χ1v) is 11.2. The third-order valence-electron chi connectivity index (χ3n) is 5.81. The van der Waals surface area contributed by atoms with E-state index in [9.17, 15) is 4.79 Å². The number of amides is 1. The smallest absolute Gasteiger partial charge is 0.255 e. The van der Waals surface area contributed by atoms with E-state index in [2.05, 4.69) is 47.1 Å². The molecule has 0 aromatic heterocycles. The van der Waals surface area contributed by atoms with Crippen LogP contribution >= 0.6 is 11.6 Å². The molecule has 1 aliphatic heterocycles. The van der Waals surface area contributed by atoms with Crippen LogP contribution in [0, 0.1) is 0 Å². The molecule has 4 aromatic carbocycles. The van der Waals surface area contributed by atoms with Crippen LogP contribution in [-0.4, -0.2) is 17.4 Å². The maximum absolute atomic E-state index is 12.7. The summed E-state index contributed by atoms with van der Waals surface area (Å²) in [6.45, 7) is 6.09. The summed E-state index contributed by atoms with van der Waals surface area (Å²) in [6.07, 6.45) is 1.92. The van der Waals surface area contributed by atoms with Gasteiger partial charge in [0.15, 0.2) is 0 Å². The molecule has 0 bridgehead atoms. The Balaban J connectivity index is 1.49. The Morgan fingerprint density at radius 2 is 1.79 bits per heavy atom. The van der Waals surface area contributed by atoms with Crippen LogP contribution in [-0.2, 0) is 13.1 Å². The molecule has 0 atom stereocenters. The second kappa shape index (κ2) is 9.10. The monoisotopic (exact) mass is 454 g/mol. The Morgan fingerprint density at radius 3 is 2.61 bits per heavy atom. The van der Waals surface area contributed by atoms with Gasteiger partial charge in [-0.3, -0.25) is 9.69 Å². The minimum atomic E-state index is -0.182. The van der Waals surface area contributed by atoms with Crippen LogP contribution in [0.25, 0.3) is 10.8 Å². The number of nitrogens with one attached hydrogen (secondary N) is 1. The highest BCUT2D eigenvalue weighted by Gasteiger charge is 2.20. The van der Waals surface area contributed by atoms with Gasteiger partial charge >= 0.3 is 0 Å². The van der Waals surface area contributed by atoms with Gasteiger partial charge in [-0.1, -0.05) is 48.0 Å². The lowest BCUT2D eigenvalue weighted by molar-refractivity contribution is 0.102. The second-order valence-corrected chi connectivity index (χ2v) is 8.54. The number of benzene rings is 4. The lowest BCUT2D eigenvalue weighted by atomic mass is 10.0. The number of halogens is 1. The van der Waals surface area contributed by atoms with Gasteiger partial charge in [-0.05, 0) is 59.3 Å². The van der Waals surface area contributed by atoms with E-state index < -0.39 is 0 Å². The number of carbonyl (C=O) groups excluding carboxylic acids is 1.